The van der Waals surface area contributed by atoms with Gasteiger partial charge in [-0.1, -0.05) is 12.1 Å². The molecule has 0 saturated heterocycles. The van der Waals surface area contributed by atoms with Gasteiger partial charge in [-0.2, -0.15) is 0 Å². The Morgan fingerprint density at radius 2 is 2.30 bits per heavy atom. The number of aryl methyl sites for hydroxylation is 1. The van der Waals surface area contributed by atoms with Crippen molar-refractivity contribution < 1.29 is 14.6 Å². The van der Waals surface area contributed by atoms with Crippen LogP contribution in [0.25, 0.3) is 11.0 Å². The van der Waals surface area contributed by atoms with Gasteiger partial charge in [-0.15, -0.1) is 0 Å². The third kappa shape index (κ3) is 3.79. The molecular weight excluding hydrogens is 258 g/mol. The number of rotatable bonds is 7. The minimum absolute atomic E-state index is 0.0991. The first-order chi connectivity index (χ1) is 9.70. The average molecular weight is 277 g/mol. The predicted molar refractivity (Wildman–Crippen MR) is 75.2 cm³/mol. The van der Waals surface area contributed by atoms with Crippen molar-refractivity contribution in [1.29, 1.82) is 0 Å². The molecule has 1 aromatic heterocycles. The van der Waals surface area contributed by atoms with E-state index >= 15 is 0 Å². The molecule has 2 rings (SSSR count). The Kier molecular flexibility index (Phi) is 5.09. The smallest absolute Gasteiger partial charge is 0.221 e. The SMILES string of the molecule is COCC(O)CNC(=O)CCn1cnc2ccccc21. The van der Waals surface area contributed by atoms with E-state index in [0.717, 1.165) is 11.0 Å². The summed E-state index contributed by atoms with van der Waals surface area (Å²) in [6.07, 6.45) is 1.41. The molecule has 0 aliphatic heterocycles. The standard InChI is InChI=1S/C14H19N3O3/c1-20-9-11(18)8-15-14(19)6-7-17-10-16-12-4-2-3-5-13(12)17/h2-5,10-11,18H,6-9H2,1H3,(H,15,19). The van der Waals surface area contributed by atoms with Gasteiger partial charge in [0.2, 0.25) is 5.91 Å². The van der Waals surface area contributed by atoms with Crippen molar-refractivity contribution in [3.63, 3.8) is 0 Å². The van der Waals surface area contributed by atoms with E-state index < -0.39 is 6.10 Å². The molecule has 108 valence electrons. The molecule has 1 aromatic carbocycles. The Hall–Kier alpha value is -1.92. The van der Waals surface area contributed by atoms with Crippen molar-refractivity contribution in [2.75, 3.05) is 20.3 Å². The van der Waals surface area contributed by atoms with Gasteiger partial charge in [0.1, 0.15) is 0 Å². The zero-order valence-corrected chi connectivity index (χ0v) is 11.5. The number of para-hydroxylation sites is 2. The van der Waals surface area contributed by atoms with Crippen LogP contribution >= 0.6 is 0 Å². The van der Waals surface area contributed by atoms with Crippen LogP contribution in [0.3, 0.4) is 0 Å². The first kappa shape index (κ1) is 14.5. The van der Waals surface area contributed by atoms with Crippen molar-refractivity contribution in [2.24, 2.45) is 0 Å². The number of benzene rings is 1. The molecule has 0 spiro atoms. The number of nitrogens with zero attached hydrogens (tertiary/aromatic N) is 2. The number of aromatic nitrogens is 2. The Labute approximate surface area is 117 Å². The van der Waals surface area contributed by atoms with E-state index in [1.807, 2.05) is 28.8 Å². The Balaban J connectivity index is 1.81. The summed E-state index contributed by atoms with van der Waals surface area (Å²) in [7, 11) is 1.51. The highest BCUT2D eigenvalue weighted by molar-refractivity contribution is 5.77. The number of carbonyl (C=O) groups excluding carboxylic acids is 1. The number of amides is 1. The molecule has 0 radical (unpaired) electrons. The van der Waals surface area contributed by atoms with Gasteiger partial charge in [-0.3, -0.25) is 4.79 Å². The van der Waals surface area contributed by atoms with E-state index in [4.69, 9.17) is 4.74 Å². The lowest BCUT2D eigenvalue weighted by Gasteiger charge is -2.11. The van der Waals surface area contributed by atoms with Crippen LogP contribution in [0.5, 0.6) is 0 Å². The van der Waals surface area contributed by atoms with Gasteiger partial charge in [0, 0.05) is 26.6 Å². The lowest BCUT2D eigenvalue weighted by molar-refractivity contribution is -0.121. The maximum atomic E-state index is 11.7. The van der Waals surface area contributed by atoms with E-state index in [1.165, 1.54) is 7.11 Å². The average Bonchev–Trinajstić information content (AvgIpc) is 2.86. The molecule has 1 unspecified atom stereocenters. The van der Waals surface area contributed by atoms with E-state index in [2.05, 4.69) is 10.3 Å². The minimum atomic E-state index is -0.668. The summed E-state index contributed by atoms with van der Waals surface area (Å²) in [5.74, 6) is -0.0991. The highest BCUT2D eigenvalue weighted by atomic mass is 16.5. The summed E-state index contributed by atoms with van der Waals surface area (Å²) < 4.78 is 6.73. The summed E-state index contributed by atoms with van der Waals surface area (Å²) >= 11 is 0. The molecule has 1 heterocycles. The number of fused-ring (bicyclic) bond motifs is 1. The third-order valence-electron chi connectivity index (χ3n) is 3.00. The summed E-state index contributed by atoms with van der Waals surface area (Å²) in [6.45, 7) is 0.983. The normalized spacial score (nSPS) is 12.5. The molecule has 0 bridgehead atoms. The quantitative estimate of drug-likeness (QED) is 0.775. The monoisotopic (exact) mass is 277 g/mol. The van der Waals surface area contributed by atoms with Crippen molar-refractivity contribution >= 4 is 16.9 Å². The third-order valence-corrected chi connectivity index (χ3v) is 3.00. The molecule has 1 amide bonds. The van der Waals surface area contributed by atoms with Crippen LogP contribution in [0.1, 0.15) is 6.42 Å². The Morgan fingerprint density at radius 1 is 1.50 bits per heavy atom. The van der Waals surface area contributed by atoms with Crippen molar-refractivity contribution in [3.05, 3.63) is 30.6 Å². The van der Waals surface area contributed by atoms with Crippen LogP contribution in [-0.2, 0) is 16.1 Å². The topological polar surface area (TPSA) is 76.4 Å². The number of imidazole rings is 1. The van der Waals surface area contributed by atoms with E-state index in [9.17, 15) is 9.90 Å². The zero-order chi connectivity index (χ0) is 14.4. The highest BCUT2D eigenvalue weighted by Gasteiger charge is 2.08. The first-order valence-corrected chi connectivity index (χ1v) is 6.54. The van der Waals surface area contributed by atoms with Crippen LogP contribution < -0.4 is 5.32 Å². The Morgan fingerprint density at radius 3 is 3.10 bits per heavy atom. The zero-order valence-electron chi connectivity index (χ0n) is 11.5. The van der Waals surface area contributed by atoms with Gasteiger partial charge in [0.25, 0.3) is 0 Å². The molecule has 0 aliphatic carbocycles. The predicted octanol–water partition coefficient (Wildman–Crippen LogP) is 0.550. The number of aliphatic hydroxyl groups is 1. The molecule has 6 heteroatoms. The number of methoxy groups -OCH3 is 1. The number of aliphatic hydroxyl groups excluding tert-OH is 1. The fourth-order valence-corrected chi connectivity index (χ4v) is 1.98. The Bertz CT molecular complexity index is 568. The highest BCUT2D eigenvalue weighted by Crippen LogP contribution is 2.11. The van der Waals surface area contributed by atoms with Crippen molar-refractivity contribution in [2.45, 2.75) is 19.1 Å². The van der Waals surface area contributed by atoms with Crippen LogP contribution in [0, 0.1) is 0 Å². The summed E-state index contributed by atoms with van der Waals surface area (Å²) in [5.41, 5.74) is 1.93. The van der Waals surface area contributed by atoms with E-state index in [1.54, 1.807) is 6.33 Å². The number of carbonyl (C=O) groups is 1. The molecule has 1 atom stereocenters. The van der Waals surface area contributed by atoms with E-state index in [0.29, 0.717) is 13.0 Å². The van der Waals surface area contributed by atoms with Gasteiger partial charge in [0.15, 0.2) is 0 Å². The van der Waals surface area contributed by atoms with Crippen LogP contribution in [0.2, 0.25) is 0 Å². The lowest BCUT2D eigenvalue weighted by atomic mass is 10.3. The summed E-state index contributed by atoms with van der Waals surface area (Å²) in [5, 5.41) is 12.1. The van der Waals surface area contributed by atoms with Gasteiger partial charge in [-0.25, -0.2) is 4.98 Å². The fraction of sp³-hybridized carbons (Fsp3) is 0.429. The van der Waals surface area contributed by atoms with Gasteiger partial charge in [0.05, 0.1) is 30.1 Å². The molecule has 0 saturated carbocycles. The van der Waals surface area contributed by atoms with Crippen LogP contribution in [0.4, 0.5) is 0 Å². The summed E-state index contributed by atoms with van der Waals surface area (Å²) in [4.78, 5) is 16.0. The lowest BCUT2D eigenvalue weighted by Crippen LogP contribution is -2.34. The number of ether oxygens (including phenoxy) is 1. The molecule has 0 fully saturated rings. The molecule has 20 heavy (non-hydrogen) atoms. The molecular formula is C14H19N3O3. The largest absolute Gasteiger partial charge is 0.389 e. The second-order valence-electron chi connectivity index (χ2n) is 4.59. The van der Waals surface area contributed by atoms with Gasteiger partial charge in [-0.05, 0) is 12.1 Å². The second-order valence-corrected chi connectivity index (χ2v) is 4.59. The maximum Gasteiger partial charge on any atom is 0.221 e. The molecule has 2 aromatic rings. The molecule has 6 nitrogen and oxygen atoms in total. The molecule has 0 aliphatic rings. The fourth-order valence-electron chi connectivity index (χ4n) is 1.98. The first-order valence-electron chi connectivity index (χ1n) is 6.54. The van der Waals surface area contributed by atoms with Crippen molar-refractivity contribution in [3.8, 4) is 0 Å². The second kappa shape index (κ2) is 7.02. The molecule has 2 N–H and O–H groups in total. The van der Waals surface area contributed by atoms with Gasteiger partial charge >= 0.3 is 0 Å². The van der Waals surface area contributed by atoms with Crippen LogP contribution in [-0.4, -0.2) is 46.9 Å². The minimum Gasteiger partial charge on any atom is -0.389 e. The summed E-state index contributed by atoms with van der Waals surface area (Å²) in [6, 6.07) is 7.79. The number of hydrogen-bond acceptors (Lipinski definition) is 4. The van der Waals surface area contributed by atoms with E-state index in [-0.39, 0.29) is 19.1 Å². The van der Waals surface area contributed by atoms with Gasteiger partial charge < -0.3 is 19.7 Å². The maximum absolute atomic E-state index is 11.7. The van der Waals surface area contributed by atoms with Crippen LogP contribution in [0.15, 0.2) is 30.6 Å². The van der Waals surface area contributed by atoms with Crippen molar-refractivity contribution in [1.82, 2.24) is 14.9 Å². The number of nitrogens with one attached hydrogen (secondary N) is 1. The number of hydrogen-bond donors (Lipinski definition) is 2.